The van der Waals surface area contributed by atoms with Crippen LogP contribution in [0.15, 0.2) is 89.1 Å². The molecule has 1 atom stereocenters. The molecule has 0 aliphatic carbocycles. The number of aliphatic carboxylic acids is 1. The van der Waals surface area contributed by atoms with E-state index in [2.05, 4.69) is 21.9 Å². The summed E-state index contributed by atoms with van der Waals surface area (Å²) in [4.78, 5) is 22.5. The summed E-state index contributed by atoms with van der Waals surface area (Å²) in [6.45, 7) is 4.11. The Balaban J connectivity index is 1.52. The summed E-state index contributed by atoms with van der Waals surface area (Å²) in [6, 6.07) is 22.6. The molecule has 9 heteroatoms. The van der Waals surface area contributed by atoms with Crippen molar-refractivity contribution in [2.45, 2.75) is 38.1 Å². The highest BCUT2D eigenvalue weighted by Crippen LogP contribution is 2.39. The molecule has 44 heavy (non-hydrogen) atoms. The third-order valence-electron chi connectivity index (χ3n) is 8.19. The van der Waals surface area contributed by atoms with E-state index < -0.39 is 12.0 Å². The van der Waals surface area contributed by atoms with E-state index in [1.807, 2.05) is 48.5 Å². The molecule has 0 saturated carbocycles. The molecule has 1 fully saturated rings. The number of likely N-dealkylation sites (tertiary alicyclic amines) is 1. The molecule has 0 radical (unpaired) electrons. The van der Waals surface area contributed by atoms with E-state index in [1.54, 1.807) is 19.2 Å². The molecule has 0 amide bonds. The second-order valence-electron chi connectivity index (χ2n) is 11.1. The molecular weight excluding hydrogens is 597 g/mol. The quantitative estimate of drug-likeness (QED) is 0.199. The number of aliphatic imine (C=N–C) groups is 1. The zero-order valence-electron chi connectivity index (χ0n) is 25.1. The molecule has 1 saturated heterocycles. The van der Waals surface area contributed by atoms with Gasteiger partial charge in [-0.1, -0.05) is 66.0 Å². The lowest BCUT2D eigenvalue weighted by atomic mass is 9.92. The minimum Gasteiger partial charge on any atom is -0.497 e. The molecule has 7 nitrogen and oxygen atoms in total. The van der Waals surface area contributed by atoms with Crippen molar-refractivity contribution >= 4 is 35.0 Å². The van der Waals surface area contributed by atoms with Gasteiger partial charge in [0, 0.05) is 18.7 Å². The van der Waals surface area contributed by atoms with Crippen LogP contribution < -0.4 is 4.74 Å². The summed E-state index contributed by atoms with van der Waals surface area (Å²) in [7, 11) is 1.63. The zero-order chi connectivity index (χ0) is 30.9. The topological polar surface area (TPSA) is 74.6 Å². The molecular formula is C35H39Cl2N3O4. The summed E-state index contributed by atoms with van der Waals surface area (Å²) in [5.74, 6) is 0.363. The van der Waals surface area contributed by atoms with Gasteiger partial charge in [0.2, 0.25) is 0 Å². The number of aryl methyl sites for hydroxylation is 1. The van der Waals surface area contributed by atoms with E-state index in [9.17, 15) is 9.90 Å². The monoisotopic (exact) mass is 635 g/mol. The second-order valence-corrected chi connectivity index (χ2v) is 12.0. The number of halogens is 2. The van der Waals surface area contributed by atoms with E-state index in [0.29, 0.717) is 34.7 Å². The third-order valence-corrected chi connectivity index (χ3v) is 8.93. The van der Waals surface area contributed by atoms with Gasteiger partial charge in [-0.15, -0.1) is 0 Å². The first-order chi connectivity index (χ1) is 21.4. The average molecular weight is 637 g/mol. The Morgan fingerprint density at radius 2 is 1.70 bits per heavy atom. The van der Waals surface area contributed by atoms with Gasteiger partial charge >= 0.3 is 5.97 Å². The molecule has 0 aromatic heterocycles. The molecule has 2 aliphatic heterocycles. The van der Waals surface area contributed by atoms with Crippen LogP contribution in [-0.4, -0.2) is 73.2 Å². The highest BCUT2D eigenvalue weighted by Gasteiger charge is 2.37. The number of benzene rings is 3. The predicted octanol–water partition coefficient (Wildman–Crippen LogP) is 7.28. The van der Waals surface area contributed by atoms with Crippen LogP contribution in [0.25, 0.3) is 0 Å². The van der Waals surface area contributed by atoms with Crippen molar-refractivity contribution in [2.24, 2.45) is 4.99 Å². The smallest absolute Gasteiger partial charge is 0.336 e. The summed E-state index contributed by atoms with van der Waals surface area (Å²) >= 11 is 12.8. The van der Waals surface area contributed by atoms with Crippen molar-refractivity contribution < 1.29 is 19.4 Å². The summed E-state index contributed by atoms with van der Waals surface area (Å²) in [6.07, 6.45) is 5.29. The Bertz CT molecular complexity index is 1470. The number of amidine groups is 1. The van der Waals surface area contributed by atoms with Crippen LogP contribution in [-0.2, 0) is 16.0 Å². The number of rotatable bonds is 13. The van der Waals surface area contributed by atoms with Crippen LogP contribution in [0.4, 0.5) is 0 Å². The first-order valence-corrected chi connectivity index (χ1v) is 15.9. The molecule has 2 heterocycles. The molecule has 0 bridgehead atoms. The van der Waals surface area contributed by atoms with E-state index in [4.69, 9.17) is 37.7 Å². The van der Waals surface area contributed by atoms with Gasteiger partial charge in [0.05, 0.1) is 47.7 Å². The molecule has 0 spiro atoms. The first kappa shape index (κ1) is 32.0. The average Bonchev–Trinajstić information content (AvgIpc) is 3.05. The van der Waals surface area contributed by atoms with E-state index >= 15 is 0 Å². The highest BCUT2D eigenvalue weighted by molar-refractivity contribution is 6.42. The Morgan fingerprint density at radius 1 is 0.955 bits per heavy atom. The van der Waals surface area contributed by atoms with Crippen molar-refractivity contribution in [1.29, 1.82) is 0 Å². The lowest BCUT2D eigenvalue weighted by Crippen LogP contribution is -2.42. The van der Waals surface area contributed by atoms with Gasteiger partial charge in [-0.2, -0.15) is 0 Å². The fraction of sp³-hybridized carbons (Fsp3) is 0.371. The number of carbonyl (C=O) groups is 1. The third kappa shape index (κ3) is 8.02. The molecule has 232 valence electrons. The maximum atomic E-state index is 13.1. The largest absolute Gasteiger partial charge is 0.497 e. The van der Waals surface area contributed by atoms with E-state index in [0.717, 1.165) is 49.4 Å². The first-order valence-electron chi connectivity index (χ1n) is 15.2. The Morgan fingerprint density at radius 3 is 2.39 bits per heavy atom. The number of hydrogen-bond acceptors (Lipinski definition) is 6. The van der Waals surface area contributed by atoms with Gasteiger partial charge in [0.1, 0.15) is 11.6 Å². The van der Waals surface area contributed by atoms with Crippen LogP contribution in [0.3, 0.4) is 0 Å². The maximum Gasteiger partial charge on any atom is 0.336 e. The van der Waals surface area contributed by atoms with Crippen LogP contribution in [0.5, 0.6) is 5.75 Å². The summed E-state index contributed by atoms with van der Waals surface area (Å²) in [5, 5.41) is 11.5. The van der Waals surface area contributed by atoms with E-state index in [1.165, 1.54) is 24.8 Å². The Hall–Kier alpha value is -3.36. The molecule has 1 N–H and O–H groups in total. The molecule has 2 aliphatic rings. The molecule has 5 rings (SSSR count). The number of carboxylic acids is 1. The van der Waals surface area contributed by atoms with Crippen LogP contribution in [0.1, 0.15) is 48.4 Å². The molecule has 3 aromatic carbocycles. The van der Waals surface area contributed by atoms with Gasteiger partial charge < -0.3 is 24.4 Å². The van der Waals surface area contributed by atoms with Crippen molar-refractivity contribution in [1.82, 2.24) is 9.80 Å². The van der Waals surface area contributed by atoms with Gasteiger partial charge in [0.25, 0.3) is 0 Å². The number of carboxylic acid groups (broad SMARTS) is 1. The number of nitrogens with zero attached hydrogens (tertiary/aromatic N) is 3. The summed E-state index contributed by atoms with van der Waals surface area (Å²) < 4.78 is 11.5. The maximum absolute atomic E-state index is 13.1. The minimum absolute atomic E-state index is 0.0881. The zero-order valence-corrected chi connectivity index (χ0v) is 26.6. The lowest BCUT2D eigenvalue weighted by Gasteiger charge is -2.39. The van der Waals surface area contributed by atoms with Crippen LogP contribution in [0.2, 0.25) is 10.0 Å². The second kappa shape index (κ2) is 15.6. The Kier molecular flexibility index (Phi) is 11.3. The summed E-state index contributed by atoms with van der Waals surface area (Å²) in [5.41, 5.74) is 3.38. The number of piperidine rings is 1. The highest BCUT2D eigenvalue weighted by atomic mass is 35.5. The standard InChI is InChI=1S/C35H39Cl2N3O4/c1-43-28-15-12-26(13-16-28)34-38-31(24-44-22-21-39-18-6-3-7-19-39)32(35(41)42)33(27-14-17-29(36)30(37)23-27)40(34)20-8-11-25-9-4-2-5-10-25/h2,4-5,9-10,12-17,23,33H,3,6-8,11,18-22,24H2,1H3,(H,41,42). The van der Waals surface area contributed by atoms with Gasteiger partial charge in [-0.25, -0.2) is 9.79 Å². The number of methoxy groups -OCH3 is 1. The number of hydrogen-bond donors (Lipinski definition) is 1. The van der Waals surface area contributed by atoms with Gasteiger partial charge in [-0.05, 0) is 86.3 Å². The lowest BCUT2D eigenvalue weighted by molar-refractivity contribution is -0.133. The van der Waals surface area contributed by atoms with Crippen molar-refractivity contribution in [3.05, 3.63) is 111 Å². The molecule has 3 aromatic rings. The fourth-order valence-electron chi connectivity index (χ4n) is 5.92. The number of ether oxygens (including phenoxy) is 2. The fourth-order valence-corrected chi connectivity index (χ4v) is 6.22. The Labute approximate surface area is 269 Å². The van der Waals surface area contributed by atoms with Crippen molar-refractivity contribution in [3.63, 3.8) is 0 Å². The molecule has 1 unspecified atom stereocenters. The van der Waals surface area contributed by atoms with Crippen LogP contribution in [0, 0.1) is 0 Å². The normalized spacial score (nSPS) is 17.5. The van der Waals surface area contributed by atoms with Crippen molar-refractivity contribution in [3.8, 4) is 5.75 Å². The van der Waals surface area contributed by atoms with Crippen LogP contribution >= 0.6 is 23.2 Å². The van der Waals surface area contributed by atoms with Gasteiger partial charge in [-0.3, -0.25) is 0 Å². The van der Waals surface area contributed by atoms with Crippen molar-refractivity contribution in [2.75, 3.05) is 46.5 Å². The minimum atomic E-state index is -1.04. The van der Waals surface area contributed by atoms with E-state index in [-0.39, 0.29) is 12.2 Å². The predicted molar refractivity (Wildman–Crippen MR) is 176 cm³/mol. The van der Waals surface area contributed by atoms with Gasteiger partial charge in [0.15, 0.2) is 0 Å². The SMILES string of the molecule is COc1ccc(C2=NC(COCCN3CCCCC3)=C(C(=O)O)C(c3ccc(Cl)c(Cl)c3)N2CCCc2ccccc2)cc1.